The molecular weight excluding hydrogens is 396 g/mol. The van der Waals surface area contributed by atoms with Crippen LogP contribution in [0.15, 0.2) is 72.3 Å². The molecule has 0 unspecified atom stereocenters. The molecule has 150 valence electrons. The predicted octanol–water partition coefficient (Wildman–Crippen LogP) is 6.08. The molecule has 1 N–H and O–H groups in total. The molecule has 0 spiro atoms. The van der Waals surface area contributed by atoms with Crippen molar-refractivity contribution in [2.24, 2.45) is 0 Å². The van der Waals surface area contributed by atoms with E-state index in [-0.39, 0.29) is 5.57 Å². The molecule has 30 heavy (non-hydrogen) atoms. The predicted molar refractivity (Wildman–Crippen MR) is 120 cm³/mol. The molecule has 3 rings (SSSR count). The molecule has 3 aromatic rings. The number of anilines is 1. The lowest BCUT2D eigenvalue weighted by Crippen LogP contribution is -2.14. The van der Waals surface area contributed by atoms with Crippen molar-refractivity contribution in [1.29, 1.82) is 5.26 Å². The van der Waals surface area contributed by atoms with Crippen LogP contribution in [0.4, 0.5) is 5.69 Å². The lowest BCUT2D eigenvalue weighted by atomic mass is 10.1. The minimum absolute atomic E-state index is 0.0310. The number of ether oxygens (including phenoxy) is 1. The van der Waals surface area contributed by atoms with Crippen molar-refractivity contribution < 1.29 is 9.53 Å². The van der Waals surface area contributed by atoms with Crippen LogP contribution in [0.5, 0.6) is 5.75 Å². The second kappa shape index (κ2) is 9.78. The van der Waals surface area contributed by atoms with Crippen molar-refractivity contribution in [2.75, 3.05) is 5.32 Å². The fourth-order valence-electron chi connectivity index (χ4n) is 2.85. The van der Waals surface area contributed by atoms with Gasteiger partial charge in [0.15, 0.2) is 0 Å². The van der Waals surface area contributed by atoms with Gasteiger partial charge in [0.05, 0.1) is 0 Å². The molecule has 4 nitrogen and oxygen atoms in total. The van der Waals surface area contributed by atoms with Gasteiger partial charge in [0, 0.05) is 10.7 Å². The van der Waals surface area contributed by atoms with Crippen LogP contribution >= 0.6 is 11.6 Å². The molecule has 0 radical (unpaired) electrons. The summed E-state index contributed by atoms with van der Waals surface area (Å²) >= 11 is 5.98. The van der Waals surface area contributed by atoms with E-state index >= 15 is 0 Å². The van der Waals surface area contributed by atoms with Crippen LogP contribution in [0.3, 0.4) is 0 Å². The van der Waals surface area contributed by atoms with E-state index in [0.717, 1.165) is 22.3 Å². The highest BCUT2D eigenvalue weighted by atomic mass is 35.5. The molecule has 0 saturated heterocycles. The minimum atomic E-state index is -0.438. The zero-order valence-corrected chi connectivity index (χ0v) is 17.5. The van der Waals surface area contributed by atoms with Gasteiger partial charge in [0.2, 0.25) is 0 Å². The molecule has 0 aliphatic heterocycles. The van der Waals surface area contributed by atoms with Gasteiger partial charge < -0.3 is 10.1 Å². The normalized spacial score (nSPS) is 10.9. The lowest BCUT2D eigenvalue weighted by molar-refractivity contribution is -0.112. The van der Waals surface area contributed by atoms with Crippen molar-refractivity contribution in [1.82, 2.24) is 0 Å². The van der Waals surface area contributed by atoms with E-state index in [1.807, 2.05) is 62.4 Å². The average Bonchev–Trinajstić information content (AvgIpc) is 2.74. The highest BCUT2D eigenvalue weighted by Crippen LogP contribution is 2.20. The summed E-state index contributed by atoms with van der Waals surface area (Å²) in [6, 6.07) is 22.3. The van der Waals surface area contributed by atoms with Crippen LogP contribution in [-0.2, 0) is 11.4 Å². The summed E-state index contributed by atoms with van der Waals surface area (Å²) in [5.41, 5.74) is 4.49. The van der Waals surface area contributed by atoms with Crippen LogP contribution in [0.25, 0.3) is 6.08 Å². The largest absolute Gasteiger partial charge is 0.489 e. The minimum Gasteiger partial charge on any atom is -0.489 e. The summed E-state index contributed by atoms with van der Waals surface area (Å²) in [5, 5.41) is 12.9. The summed E-state index contributed by atoms with van der Waals surface area (Å²) in [7, 11) is 0. The number of nitrogens with zero attached hydrogens (tertiary/aromatic N) is 1. The molecule has 0 bridgehead atoms. The van der Waals surface area contributed by atoms with Crippen LogP contribution < -0.4 is 10.1 Å². The van der Waals surface area contributed by atoms with E-state index in [4.69, 9.17) is 16.3 Å². The molecular formula is C25H21ClN2O2. The van der Waals surface area contributed by atoms with E-state index < -0.39 is 5.91 Å². The van der Waals surface area contributed by atoms with Crippen LogP contribution in [0, 0.1) is 25.2 Å². The molecule has 0 saturated carbocycles. The Morgan fingerprint density at radius 2 is 1.83 bits per heavy atom. The fraction of sp³-hybridized carbons (Fsp3) is 0.120. The molecule has 1 amide bonds. The van der Waals surface area contributed by atoms with Crippen molar-refractivity contribution >= 4 is 29.3 Å². The second-order valence-electron chi connectivity index (χ2n) is 6.86. The highest BCUT2D eigenvalue weighted by molar-refractivity contribution is 6.30. The number of benzene rings is 3. The summed E-state index contributed by atoms with van der Waals surface area (Å²) in [6.45, 7) is 4.31. The Hall–Kier alpha value is -3.55. The van der Waals surface area contributed by atoms with Crippen molar-refractivity contribution in [2.45, 2.75) is 20.5 Å². The fourth-order valence-corrected chi connectivity index (χ4v) is 3.06. The van der Waals surface area contributed by atoms with Gasteiger partial charge in [-0.1, -0.05) is 48.0 Å². The standard InChI is InChI=1S/C25H21ClN2O2/c1-17-5-3-8-24(18(17)2)28-25(29)21(15-27)13-19-9-11-23(12-10-19)30-16-20-6-4-7-22(26)14-20/h3-14H,16H2,1-2H3,(H,28,29)/b21-13+. The van der Waals surface area contributed by atoms with Gasteiger partial charge >= 0.3 is 0 Å². The lowest BCUT2D eigenvalue weighted by Gasteiger charge is -2.10. The topological polar surface area (TPSA) is 62.1 Å². The van der Waals surface area contributed by atoms with E-state index in [2.05, 4.69) is 5.32 Å². The summed E-state index contributed by atoms with van der Waals surface area (Å²) in [4.78, 5) is 12.5. The Kier molecular flexibility index (Phi) is 6.90. The van der Waals surface area contributed by atoms with Gasteiger partial charge in [-0.15, -0.1) is 0 Å². The molecule has 0 aliphatic rings. The van der Waals surface area contributed by atoms with Gasteiger partial charge in [0.25, 0.3) is 5.91 Å². The molecule has 3 aromatic carbocycles. The van der Waals surface area contributed by atoms with Crippen LogP contribution in [-0.4, -0.2) is 5.91 Å². The Balaban J connectivity index is 1.67. The van der Waals surface area contributed by atoms with Crippen LogP contribution in [0.1, 0.15) is 22.3 Å². The maximum atomic E-state index is 12.5. The third kappa shape index (κ3) is 5.50. The third-order valence-corrected chi connectivity index (χ3v) is 4.94. The Labute approximate surface area is 181 Å². The number of amides is 1. The van der Waals surface area contributed by atoms with E-state index in [1.54, 1.807) is 30.3 Å². The summed E-state index contributed by atoms with van der Waals surface area (Å²) in [6.07, 6.45) is 1.56. The SMILES string of the molecule is Cc1cccc(NC(=O)/C(C#N)=C/c2ccc(OCc3cccc(Cl)c3)cc2)c1C. The molecule has 0 heterocycles. The summed E-state index contributed by atoms with van der Waals surface area (Å²) in [5.74, 6) is 0.248. The number of hydrogen-bond acceptors (Lipinski definition) is 3. The first-order valence-corrected chi connectivity index (χ1v) is 9.81. The Morgan fingerprint density at radius 3 is 2.53 bits per heavy atom. The second-order valence-corrected chi connectivity index (χ2v) is 7.30. The number of carbonyl (C=O) groups excluding carboxylic acids is 1. The smallest absolute Gasteiger partial charge is 0.266 e. The zero-order valence-electron chi connectivity index (χ0n) is 16.8. The zero-order chi connectivity index (χ0) is 21.5. The number of halogens is 1. The van der Waals surface area contributed by atoms with Crippen LogP contribution in [0.2, 0.25) is 5.02 Å². The first-order valence-electron chi connectivity index (χ1n) is 9.43. The average molecular weight is 417 g/mol. The Bertz CT molecular complexity index is 1130. The maximum absolute atomic E-state index is 12.5. The van der Waals surface area contributed by atoms with Crippen molar-refractivity contribution in [3.8, 4) is 11.8 Å². The van der Waals surface area contributed by atoms with Gasteiger partial charge in [-0.2, -0.15) is 5.26 Å². The number of nitrogens with one attached hydrogen (secondary N) is 1. The first kappa shape index (κ1) is 21.2. The van der Waals surface area contributed by atoms with E-state index in [9.17, 15) is 10.1 Å². The summed E-state index contributed by atoms with van der Waals surface area (Å²) < 4.78 is 5.76. The molecule has 0 aliphatic carbocycles. The number of hydrogen-bond donors (Lipinski definition) is 1. The van der Waals surface area contributed by atoms with Gasteiger partial charge in [-0.25, -0.2) is 0 Å². The number of rotatable bonds is 6. The monoisotopic (exact) mass is 416 g/mol. The first-order chi connectivity index (χ1) is 14.5. The van der Waals surface area contributed by atoms with Gasteiger partial charge in [-0.05, 0) is 72.5 Å². The third-order valence-electron chi connectivity index (χ3n) is 4.70. The molecule has 0 aromatic heterocycles. The maximum Gasteiger partial charge on any atom is 0.266 e. The van der Waals surface area contributed by atoms with Gasteiger partial charge in [-0.3, -0.25) is 4.79 Å². The molecule has 0 fully saturated rings. The van der Waals surface area contributed by atoms with E-state index in [1.165, 1.54) is 0 Å². The molecule has 0 atom stereocenters. The van der Waals surface area contributed by atoms with Crippen molar-refractivity contribution in [3.05, 3.63) is 99.6 Å². The highest BCUT2D eigenvalue weighted by Gasteiger charge is 2.11. The van der Waals surface area contributed by atoms with Gasteiger partial charge in [0.1, 0.15) is 24.0 Å². The quantitative estimate of drug-likeness (QED) is 0.391. The molecule has 5 heteroatoms. The van der Waals surface area contributed by atoms with E-state index in [0.29, 0.717) is 23.1 Å². The Morgan fingerprint density at radius 1 is 1.10 bits per heavy atom. The number of aryl methyl sites for hydroxylation is 1. The van der Waals surface area contributed by atoms with Crippen molar-refractivity contribution in [3.63, 3.8) is 0 Å². The number of nitriles is 1. The number of carbonyl (C=O) groups is 1.